The first-order chi connectivity index (χ1) is 24.9. The molecule has 0 unspecified atom stereocenters. The first-order valence-electron chi connectivity index (χ1n) is 14.1. The number of hydrogen-bond acceptors (Lipinski definition) is 14. The Morgan fingerprint density at radius 3 is 0.623 bits per heavy atom. The maximum absolute atomic E-state index is 10.3. The van der Waals surface area contributed by atoms with E-state index < -0.39 is 47.8 Å². The van der Waals surface area contributed by atoms with Gasteiger partial charge < -0.3 is 106 Å². The van der Waals surface area contributed by atoms with Gasteiger partial charge >= 0.3 is 35.8 Å². The number of quaternary nitrogens is 2. The smallest absolute Gasteiger partial charge is 0.354 e. The quantitative estimate of drug-likeness (QED) is 0.0733. The molecule has 0 atom stereocenters. The average molecular weight is 887 g/mol. The van der Waals surface area contributed by atoms with Crippen LogP contribution in [0.4, 0.5) is 0 Å². The van der Waals surface area contributed by atoms with Gasteiger partial charge in [-0.15, -0.1) is 0 Å². The molecular weight excluding hydrogens is 840 g/mol. The Morgan fingerprint density at radius 1 is 0.361 bits per heavy atom. The average Bonchev–Trinajstić information content (AvgIpc) is 3.13. The summed E-state index contributed by atoms with van der Waals surface area (Å²) in [6.45, 7) is 2.06. The van der Waals surface area contributed by atoms with Gasteiger partial charge in [0, 0.05) is 6.42 Å². The molecule has 28 N–H and O–H groups in total. The fourth-order valence-corrected chi connectivity index (χ4v) is 2.86. The van der Waals surface area contributed by atoms with Crippen LogP contribution in [0.5, 0.6) is 0 Å². The summed E-state index contributed by atoms with van der Waals surface area (Å²) in [7, 11) is 0. The van der Waals surface area contributed by atoms with E-state index in [0.717, 1.165) is 13.1 Å². The zero-order chi connectivity index (χ0) is 40.7. The molecule has 30 nitrogen and oxygen atoms in total. The third-order valence-corrected chi connectivity index (χ3v) is 5.23. The van der Waals surface area contributed by atoms with E-state index in [4.69, 9.17) is 30.6 Å². The van der Waals surface area contributed by atoms with Crippen LogP contribution in [0.25, 0.3) is 0 Å². The second-order valence-corrected chi connectivity index (χ2v) is 9.10. The summed E-state index contributed by atoms with van der Waals surface area (Å²) in [5.41, 5.74) is 4.82. The van der Waals surface area contributed by atoms with Crippen molar-refractivity contribution < 1.29 is 134 Å². The summed E-state index contributed by atoms with van der Waals surface area (Å²) in [6.07, 6.45) is 1.17. The van der Waals surface area contributed by atoms with Gasteiger partial charge in [-0.1, -0.05) is 24.3 Å². The van der Waals surface area contributed by atoms with Crippen molar-refractivity contribution in [3.05, 3.63) is 118 Å². The van der Waals surface area contributed by atoms with E-state index in [1.54, 1.807) is 0 Å². The van der Waals surface area contributed by atoms with E-state index in [-0.39, 0.29) is 89.4 Å². The van der Waals surface area contributed by atoms with Crippen LogP contribution in [0.1, 0.15) is 90.3 Å². The summed E-state index contributed by atoms with van der Waals surface area (Å²) in [6, 6.07) is 14.9. The van der Waals surface area contributed by atoms with Gasteiger partial charge in [0.15, 0.2) is 0 Å². The highest BCUT2D eigenvalue weighted by molar-refractivity contribution is 5.91. The van der Waals surface area contributed by atoms with Gasteiger partial charge in [-0.2, -0.15) is 0 Å². The van der Waals surface area contributed by atoms with E-state index in [0.29, 0.717) is 0 Å². The Bertz CT molecular complexity index is 1560. The summed E-state index contributed by atoms with van der Waals surface area (Å²) >= 11 is 0. The number of carbonyl (C=O) groups is 8. The summed E-state index contributed by atoms with van der Waals surface area (Å²) in [5.74, 6) is -10.5. The Morgan fingerprint density at radius 2 is 0.508 bits per heavy atom. The van der Waals surface area contributed by atoms with Crippen LogP contribution in [-0.2, 0) is 0 Å². The fraction of sp³-hybridized carbons (Fsp3) is 0.0968. The molecule has 0 aromatic carbocycles. The number of aromatic nitrogens is 4. The summed E-state index contributed by atoms with van der Waals surface area (Å²) in [5, 5.41) is 71.0. The monoisotopic (exact) mass is 886 g/mol. The number of pyridine rings is 4. The maximum atomic E-state index is 10.3. The molecule has 4 aromatic heterocycles. The molecule has 4 rings (SSSR count). The first kappa shape index (κ1) is 74.0. The molecule has 0 amide bonds. The van der Waals surface area contributed by atoms with E-state index in [9.17, 15) is 48.6 Å². The number of aromatic carboxylic acids is 8. The predicted molar refractivity (Wildman–Crippen MR) is 196 cm³/mol. The van der Waals surface area contributed by atoms with E-state index in [1.165, 1.54) is 79.2 Å². The van der Waals surface area contributed by atoms with Gasteiger partial charge in [0.05, 0.1) is 36.4 Å². The molecule has 4 aromatic rings. The minimum absolute atomic E-state index is 0. The first-order valence-corrected chi connectivity index (χ1v) is 14.1. The molecular formula is C31H46N6O24. The lowest BCUT2D eigenvalue weighted by Gasteiger charge is -2.00. The largest absolute Gasteiger partial charge is 0.543 e. The number of nitrogens with zero attached hydrogens (tertiary/aromatic N) is 4. The van der Waals surface area contributed by atoms with Crippen molar-refractivity contribution in [3.63, 3.8) is 0 Å². The third kappa shape index (κ3) is 29.8. The zero-order valence-electron chi connectivity index (χ0n) is 31.0. The number of carboxylic acids is 8. The third-order valence-electron chi connectivity index (χ3n) is 5.23. The number of hydrogen-bond donors (Lipinski definition) is 8. The van der Waals surface area contributed by atoms with Crippen molar-refractivity contribution in [2.45, 2.75) is 6.42 Å². The van der Waals surface area contributed by atoms with Gasteiger partial charge in [-0.25, -0.2) is 48.7 Å². The SMILES string of the molecule is O.O.O.O.O.O.O.O.O=C(O)c1cccc(C(=O)O)n1.O=C(O)c1cccc(C(=O)O)n1.O=C([O-])c1cccc(C(=O)O)n1.O=C([O-])c1cccc(C(=O)O)n1.[NH3+]CCC[NH3+]. The number of rotatable bonds is 10. The second kappa shape index (κ2) is 38.8. The molecule has 0 bridgehead atoms. The van der Waals surface area contributed by atoms with Gasteiger partial charge in [0.2, 0.25) is 0 Å². The second-order valence-electron chi connectivity index (χ2n) is 9.10. The molecule has 61 heavy (non-hydrogen) atoms. The number of carboxylic acid groups (broad SMARTS) is 8. The topological polar surface area (TPSA) is 663 Å². The summed E-state index contributed by atoms with van der Waals surface area (Å²) < 4.78 is 0. The molecule has 0 saturated heterocycles. The van der Waals surface area contributed by atoms with Crippen LogP contribution >= 0.6 is 0 Å². The highest BCUT2D eigenvalue weighted by atomic mass is 16.4. The molecule has 0 fully saturated rings. The Kier molecular flexibility index (Phi) is 47.1. The molecule has 30 heteroatoms. The lowest BCUT2D eigenvalue weighted by molar-refractivity contribution is -0.404. The van der Waals surface area contributed by atoms with Crippen molar-refractivity contribution in [3.8, 4) is 0 Å². The highest BCUT2D eigenvalue weighted by Crippen LogP contribution is 2.01. The van der Waals surface area contributed by atoms with Gasteiger partial charge in [0.1, 0.15) is 34.2 Å². The molecule has 0 saturated carbocycles. The lowest BCUT2D eigenvalue weighted by atomic mass is 10.3. The van der Waals surface area contributed by atoms with Crippen LogP contribution in [0.3, 0.4) is 0 Å². The minimum atomic E-state index is -1.49. The van der Waals surface area contributed by atoms with E-state index in [2.05, 4.69) is 31.4 Å². The van der Waals surface area contributed by atoms with Crippen LogP contribution in [0, 0.1) is 0 Å². The molecule has 4 heterocycles. The van der Waals surface area contributed by atoms with Crippen molar-refractivity contribution in [1.82, 2.24) is 19.9 Å². The van der Waals surface area contributed by atoms with Crippen molar-refractivity contribution >= 4 is 47.8 Å². The standard InChI is InChI=1S/4C7H5NO4.C3H10N2.8H2O/c4*9-6(10)4-2-1-3-5(8-4)7(11)12;4-2-1-3-5;;;;;;;;/h4*1-3H,(H,9,10)(H,11,12);1-5H2;8*1H2. The van der Waals surface area contributed by atoms with Crippen molar-refractivity contribution in [2.24, 2.45) is 0 Å². The lowest BCUT2D eigenvalue weighted by Crippen LogP contribution is -2.57. The minimum Gasteiger partial charge on any atom is -0.543 e. The maximum Gasteiger partial charge on any atom is 0.354 e. The van der Waals surface area contributed by atoms with Crippen LogP contribution in [0.15, 0.2) is 72.8 Å². The van der Waals surface area contributed by atoms with E-state index in [1.807, 2.05) is 0 Å². The molecule has 0 radical (unpaired) electrons. The molecule has 0 aliphatic carbocycles. The fourth-order valence-electron chi connectivity index (χ4n) is 2.86. The summed E-state index contributed by atoms with van der Waals surface area (Å²) in [4.78, 5) is 95.7. The van der Waals surface area contributed by atoms with Crippen LogP contribution < -0.4 is 21.7 Å². The zero-order valence-corrected chi connectivity index (χ0v) is 31.0. The van der Waals surface area contributed by atoms with Crippen molar-refractivity contribution in [2.75, 3.05) is 13.1 Å². The van der Waals surface area contributed by atoms with Crippen LogP contribution in [-0.4, -0.2) is 155 Å². The van der Waals surface area contributed by atoms with E-state index >= 15 is 0 Å². The van der Waals surface area contributed by atoms with Gasteiger partial charge in [-0.3, -0.25) is 0 Å². The molecule has 344 valence electrons. The van der Waals surface area contributed by atoms with Crippen molar-refractivity contribution in [1.29, 1.82) is 0 Å². The Labute approximate surface area is 340 Å². The number of carbonyl (C=O) groups excluding carboxylic acids is 2. The van der Waals surface area contributed by atoms with Gasteiger partial charge in [0.25, 0.3) is 0 Å². The normalized spacial score (nSPS) is 8.03. The van der Waals surface area contributed by atoms with Gasteiger partial charge in [-0.05, 0) is 48.5 Å². The molecule has 0 spiro atoms. The predicted octanol–water partition coefficient (Wildman–Crippen LogP) is -9.49. The Balaban J connectivity index is -0.0000000781. The highest BCUT2D eigenvalue weighted by Gasteiger charge is 2.10. The Hall–Kier alpha value is -8.04. The molecule has 0 aliphatic heterocycles. The molecule has 0 aliphatic rings. The van der Waals surface area contributed by atoms with Crippen LogP contribution in [0.2, 0.25) is 0 Å².